The maximum absolute atomic E-state index is 13.8. The summed E-state index contributed by atoms with van der Waals surface area (Å²) in [5.41, 5.74) is 3.63. The Morgan fingerprint density at radius 3 is 2.71 bits per heavy atom. The van der Waals surface area contributed by atoms with Gasteiger partial charge in [-0.05, 0) is 69.8 Å². The van der Waals surface area contributed by atoms with Crippen LogP contribution < -0.4 is 5.32 Å². The van der Waals surface area contributed by atoms with Crippen molar-refractivity contribution in [3.63, 3.8) is 0 Å². The number of benzene rings is 1. The molecule has 1 atom stereocenters. The highest BCUT2D eigenvalue weighted by molar-refractivity contribution is 6.06. The van der Waals surface area contributed by atoms with Crippen molar-refractivity contribution in [1.82, 2.24) is 30.0 Å². The van der Waals surface area contributed by atoms with Crippen LogP contribution in [0.25, 0.3) is 16.9 Å². The zero-order valence-corrected chi connectivity index (χ0v) is 19.5. The minimum atomic E-state index is -0.293. The largest absolute Gasteiger partial charge is 0.350 e. The van der Waals surface area contributed by atoms with Gasteiger partial charge in [-0.1, -0.05) is 18.2 Å². The summed E-state index contributed by atoms with van der Waals surface area (Å²) in [7, 11) is 3.83. The summed E-state index contributed by atoms with van der Waals surface area (Å²) in [6.07, 6.45) is 3.85. The van der Waals surface area contributed by atoms with Crippen LogP contribution in [-0.4, -0.2) is 51.2 Å². The van der Waals surface area contributed by atoms with Crippen molar-refractivity contribution in [2.75, 3.05) is 20.6 Å². The molecule has 1 fully saturated rings. The predicted octanol–water partition coefficient (Wildman–Crippen LogP) is 4.17. The number of carbonyl (C=O) groups is 1. The van der Waals surface area contributed by atoms with Gasteiger partial charge in [0.2, 0.25) is 0 Å². The molecule has 0 spiro atoms. The number of likely N-dealkylation sites (N-methyl/N-ethyl adjacent to an activating group) is 1. The van der Waals surface area contributed by atoms with Gasteiger partial charge in [0.15, 0.2) is 11.5 Å². The smallest absolute Gasteiger partial charge is 0.252 e. The number of pyridine rings is 2. The lowest BCUT2D eigenvalue weighted by Crippen LogP contribution is -2.34. The van der Waals surface area contributed by atoms with E-state index in [4.69, 9.17) is 4.98 Å². The van der Waals surface area contributed by atoms with E-state index < -0.39 is 0 Å². The molecule has 34 heavy (non-hydrogen) atoms. The SMILES string of the molecule is Cc1nn(-c2ccccn2)c2nc(C3CC3)cc(C(=O)NCC(c3cccc(F)c3)N(C)C)c12. The molecule has 0 aliphatic heterocycles. The average molecular weight is 459 g/mol. The van der Waals surface area contributed by atoms with Gasteiger partial charge < -0.3 is 10.2 Å². The van der Waals surface area contributed by atoms with Crippen LogP contribution in [0.15, 0.2) is 54.7 Å². The maximum atomic E-state index is 13.8. The molecule has 1 aliphatic rings. The quantitative estimate of drug-likeness (QED) is 0.450. The van der Waals surface area contributed by atoms with Crippen LogP contribution in [0.3, 0.4) is 0 Å². The predicted molar refractivity (Wildman–Crippen MR) is 129 cm³/mol. The van der Waals surface area contributed by atoms with Crippen molar-refractivity contribution in [3.05, 3.63) is 83.1 Å². The Hall–Kier alpha value is -3.65. The van der Waals surface area contributed by atoms with E-state index in [1.165, 1.54) is 12.1 Å². The molecule has 1 amide bonds. The highest BCUT2D eigenvalue weighted by Crippen LogP contribution is 2.40. The first-order valence-corrected chi connectivity index (χ1v) is 11.4. The summed E-state index contributed by atoms with van der Waals surface area (Å²) < 4.78 is 15.5. The molecule has 3 heterocycles. The van der Waals surface area contributed by atoms with Gasteiger partial charge >= 0.3 is 0 Å². The molecule has 3 aromatic heterocycles. The van der Waals surface area contributed by atoms with Crippen molar-refractivity contribution in [3.8, 4) is 5.82 Å². The summed E-state index contributed by atoms with van der Waals surface area (Å²) in [4.78, 5) is 24.8. The number of aromatic nitrogens is 4. The minimum absolute atomic E-state index is 0.169. The maximum Gasteiger partial charge on any atom is 0.252 e. The second kappa shape index (κ2) is 8.95. The Morgan fingerprint density at radius 2 is 2.03 bits per heavy atom. The second-order valence-corrected chi connectivity index (χ2v) is 9.00. The van der Waals surface area contributed by atoms with Gasteiger partial charge in [0.25, 0.3) is 5.91 Å². The number of aryl methyl sites for hydroxylation is 1. The standard InChI is InChI=1S/C26H27FN6O/c1-16-24-20(26(34)29-15-22(32(2)3)18-7-6-8-19(27)13-18)14-21(17-10-11-17)30-25(24)33(31-16)23-9-4-5-12-28-23/h4-9,12-14,17,22H,10-11,15H2,1-3H3,(H,29,34). The molecule has 1 saturated carbocycles. The van der Waals surface area contributed by atoms with Gasteiger partial charge in [0.05, 0.1) is 22.7 Å². The average Bonchev–Trinajstić information content (AvgIpc) is 3.62. The van der Waals surface area contributed by atoms with E-state index >= 15 is 0 Å². The van der Waals surface area contributed by atoms with Crippen LogP contribution in [0.4, 0.5) is 4.39 Å². The molecule has 1 aromatic carbocycles. The van der Waals surface area contributed by atoms with E-state index in [9.17, 15) is 9.18 Å². The van der Waals surface area contributed by atoms with E-state index in [1.54, 1.807) is 16.9 Å². The molecule has 7 nitrogen and oxygen atoms in total. The van der Waals surface area contributed by atoms with E-state index in [0.717, 1.165) is 35.2 Å². The molecule has 174 valence electrons. The van der Waals surface area contributed by atoms with Crippen molar-refractivity contribution in [1.29, 1.82) is 0 Å². The third kappa shape index (κ3) is 4.28. The molecule has 4 aromatic rings. The third-order valence-electron chi connectivity index (χ3n) is 6.25. The van der Waals surface area contributed by atoms with E-state index in [1.807, 2.05) is 56.3 Å². The Kier molecular flexibility index (Phi) is 5.83. The molecular weight excluding hydrogens is 431 g/mol. The molecule has 1 unspecified atom stereocenters. The molecule has 1 N–H and O–H groups in total. The Bertz CT molecular complexity index is 1350. The number of halogens is 1. The van der Waals surface area contributed by atoms with Gasteiger partial charge in [-0.2, -0.15) is 9.78 Å². The number of fused-ring (bicyclic) bond motifs is 1. The number of hydrogen-bond acceptors (Lipinski definition) is 5. The number of nitrogens with one attached hydrogen (secondary N) is 1. The number of hydrogen-bond donors (Lipinski definition) is 1. The molecule has 1 aliphatic carbocycles. The van der Waals surface area contributed by atoms with Crippen LogP contribution in [-0.2, 0) is 0 Å². The highest BCUT2D eigenvalue weighted by Gasteiger charge is 2.29. The lowest BCUT2D eigenvalue weighted by Gasteiger charge is -2.25. The Morgan fingerprint density at radius 1 is 1.21 bits per heavy atom. The van der Waals surface area contributed by atoms with E-state index in [0.29, 0.717) is 29.5 Å². The van der Waals surface area contributed by atoms with Gasteiger partial charge in [0.1, 0.15) is 5.82 Å². The van der Waals surface area contributed by atoms with Gasteiger partial charge in [0, 0.05) is 24.4 Å². The molecule has 0 saturated heterocycles. The van der Waals surface area contributed by atoms with Gasteiger partial charge in [-0.3, -0.25) is 4.79 Å². The lowest BCUT2D eigenvalue weighted by molar-refractivity contribution is 0.0943. The van der Waals surface area contributed by atoms with Crippen molar-refractivity contribution in [2.24, 2.45) is 0 Å². The molecule has 0 bridgehead atoms. The second-order valence-electron chi connectivity index (χ2n) is 9.00. The first-order valence-electron chi connectivity index (χ1n) is 11.4. The fourth-order valence-electron chi connectivity index (χ4n) is 4.31. The normalized spacial score (nSPS) is 14.5. The summed E-state index contributed by atoms with van der Waals surface area (Å²) >= 11 is 0. The Balaban J connectivity index is 1.51. The van der Waals surface area contributed by atoms with Crippen LogP contribution in [0, 0.1) is 12.7 Å². The van der Waals surface area contributed by atoms with Crippen molar-refractivity contribution >= 4 is 16.9 Å². The fourth-order valence-corrected chi connectivity index (χ4v) is 4.31. The number of amides is 1. The monoisotopic (exact) mass is 458 g/mol. The van der Waals surface area contributed by atoms with Crippen LogP contribution in [0.1, 0.15) is 52.1 Å². The topological polar surface area (TPSA) is 75.9 Å². The summed E-state index contributed by atoms with van der Waals surface area (Å²) in [5, 5.41) is 8.46. The van der Waals surface area contributed by atoms with Crippen molar-refractivity contribution < 1.29 is 9.18 Å². The molecule has 0 radical (unpaired) electrons. The third-order valence-corrected chi connectivity index (χ3v) is 6.25. The first kappa shape index (κ1) is 22.2. The van der Waals surface area contributed by atoms with Gasteiger partial charge in [-0.15, -0.1) is 0 Å². The lowest BCUT2D eigenvalue weighted by atomic mass is 10.0. The number of carbonyl (C=O) groups excluding carboxylic acids is 1. The van der Waals surface area contributed by atoms with Crippen LogP contribution in [0.2, 0.25) is 0 Å². The van der Waals surface area contributed by atoms with Crippen LogP contribution in [0.5, 0.6) is 0 Å². The molecular formula is C26H27FN6O. The summed E-state index contributed by atoms with van der Waals surface area (Å²) in [5.74, 6) is 0.538. The Labute approximate surface area is 197 Å². The molecule has 8 heteroatoms. The number of rotatable bonds is 7. The van der Waals surface area contributed by atoms with E-state index in [2.05, 4.69) is 15.4 Å². The number of nitrogens with zero attached hydrogens (tertiary/aromatic N) is 5. The minimum Gasteiger partial charge on any atom is -0.350 e. The van der Waals surface area contributed by atoms with Crippen molar-refractivity contribution in [2.45, 2.75) is 31.7 Å². The summed E-state index contributed by atoms with van der Waals surface area (Å²) in [6.45, 7) is 2.22. The molecule has 5 rings (SSSR count). The fraction of sp³-hybridized carbons (Fsp3) is 0.308. The van der Waals surface area contributed by atoms with Gasteiger partial charge in [-0.25, -0.2) is 14.4 Å². The zero-order chi connectivity index (χ0) is 23.8. The first-order chi connectivity index (χ1) is 16.4. The highest BCUT2D eigenvalue weighted by atomic mass is 19.1. The van der Waals surface area contributed by atoms with E-state index in [-0.39, 0.29) is 17.8 Å². The van der Waals surface area contributed by atoms with Crippen LogP contribution >= 0.6 is 0 Å². The summed E-state index contributed by atoms with van der Waals surface area (Å²) in [6, 6.07) is 13.8. The zero-order valence-electron chi connectivity index (χ0n) is 19.5.